The second kappa shape index (κ2) is 3.48. The zero-order valence-corrected chi connectivity index (χ0v) is 7.88. The summed E-state index contributed by atoms with van der Waals surface area (Å²) in [6.07, 6.45) is 2.02. The van der Waals surface area contributed by atoms with E-state index in [9.17, 15) is 5.11 Å². The first-order valence-corrected chi connectivity index (χ1v) is 4.75. The lowest BCUT2D eigenvalue weighted by atomic mass is 9.86. The van der Waals surface area contributed by atoms with Crippen LogP contribution in [0.25, 0.3) is 0 Å². The van der Waals surface area contributed by atoms with Gasteiger partial charge in [-0.2, -0.15) is 0 Å². The van der Waals surface area contributed by atoms with Crippen LogP contribution in [0.3, 0.4) is 0 Å². The lowest BCUT2D eigenvalue weighted by Gasteiger charge is -2.21. The monoisotopic (exact) mass is 177 g/mol. The van der Waals surface area contributed by atoms with Gasteiger partial charge in [0.1, 0.15) is 0 Å². The van der Waals surface area contributed by atoms with Gasteiger partial charge >= 0.3 is 0 Å². The van der Waals surface area contributed by atoms with Gasteiger partial charge in [-0.05, 0) is 36.6 Å². The molecule has 0 saturated heterocycles. The van der Waals surface area contributed by atoms with Crippen LogP contribution in [-0.2, 0) is 12.8 Å². The number of likely N-dealkylation sites (N-methyl/N-ethyl adjacent to an activating group) is 1. The van der Waals surface area contributed by atoms with Crippen LogP contribution in [0.15, 0.2) is 18.2 Å². The van der Waals surface area contributed by atoms with E-state index in [1.165, 1.54) is 24.0 Å². The highest BCUT2D eigenvalue weighted by molar-refractivity contribution is 5.39. The third-order valence-electron chi connectivity index (χ3n) is 2.68. The molecular weight excluding hydrogens is 162 g/mol. The van der Waals surface area contributed by atoms with Gasteiger partial charge < -0.3 is 10.4 Å². The minimum Gasteiger partial charge on any atom is -0.387 e. The molecule has 0 heterocycles. The van der Waals surface area contributed by atoms with E-state index in [0.717, 1.165) is 5.56 Å². The molecular formula is C11H15NO. The Morgan fingerprint density at radius 2 is 2.15 bits per heavy atom. The topological polar surface area (TPSA) is 32.3 Å². The SMILES string of the molecule is CNCC(O)c1ccc2c(c1)CC2. The quantitative estimate of drug-likeness (QED) is 0.723. The van der Waals surface area contributed by atoms with Gasteiger partial charge in [0.05, 0.1) is 6.10 Å². The second-order valence-corrected chi connectivity index (χ2v) is 3.60. The van der Waals surface area contributed by atoms with Crippen LogP contribution in [-0.4, -0.2) is 18.7 Å². The van der Waals surface area contributed by atoms with Crippen LogP contribution in [0, 0.1) is 0 Å². The van der Waals surface area contributed by atoms with Crippen molar-refractivity contribution in [1.82, 2.24) is 5.32 Å². The molecule has 1 unspecified atom stereocenters. The standard InChI is InChI=1S/C11H15NO/c1-12-7-11(13)10-5-3-8-2-4-9(8)6-10/h3,5-6,11-13H,2,4,7H2,1H3. The highest BCUT2D eigenvalue weighted by atomic mass is 16.3. The van der Waals surface area contributed by atoms with Crippen LogP contribution in [0.2, 0.25) is 0 Å². The maximum atomic E-state index is 9.70. The predicted octanol–water partition coefficient (Wildman–Crippen LogP) is 1.04. The fraction of sp³-hybridized carbons (Fsp3) is 0.455. The molecule has 1 atom stereocenters. The van der Waals surface area contributed by atoms with Crippen molar-refractivity contribution in [3.63, 3.8) is 0 Å². The van der Waals surface area contributed by atoms with Crippen molar-refractivity contribution in [3.05, 3.63) is 34.9 Å². The third-order valence-corrected chi connectivity index (χ3v) is 2.68. The summed E-state index contributed by atoms with van der Waals surface area (Å²) in [6, 6.07) is 6.29. The maximum absolute atomic E-state index is 9.70. The minimum absolute atomic E-state index is 0.365. The van der Waals surface area contributed by atoms with Crippen LogP contribution in [0.1, 0.15) is 22.8 Å². The van der Waals surface area contributed by atoms with Crippen molar-refractivity contribution in [1.29, 1.82) is 0 Å². The number of benzene rings is 1. The third kappa shape index (κ3) is 1.60. The van der Waals surface area contributed by atoms with Crippen LogP contribution in [0.5, 0.6) is 0 Å². The smallest absolute Gasteiger partial charge is 0.0914 e. The van der Waals surface area contributed by atoms with E-state index in [1.807, 2.05) is 13.1 Å². The minimum atomic E-state index is -0.365. The summed E-state index contributed by atoms with van der Waals surface area (Å²) in [5, 5.41) is 12.7. The molecule has 0 radical (unpaired) electrons. The van der Waals surface area contributed by atoms with Gasteiger partial charge in [-0.3, -0.25) is 0 Å². The average Bonchev–Trinajstić information content (AvgIpc) is 2.07. The van der Waals surface area contributed by atoms with Crippen LogP contribution >= 0.6 is 0 Å². The largest absolute Gasteiger partial charge is 0.387 e. The highest BCUT2D eigenvalue weighted by Crippen LogP contribution is 2.25. The number of aliphatic hydroxyl groups excluding tert-OH is 1. The molecule has 2 nitrogen and oxygen atoms in total. The summed E-state index contributed by atoms with van der Waals surface area (Å²) in [5.41, 5.74) is 3.89. The van der Waals surface area contributed by atoms with E-state index in [4.69, 9.17) is 0 Å². The summed E-state index contributed by atoms with van der Waals surface area (Å²) in [5.74, 6) is 0. The lowest BCUT2D eigenvalue weighted by Crippen LogP contribution is -2.18. The van der Waals surface area contributed by atoms with E-state index in [2.05, 4.69) is 17.4 Å². The number of fused-ring (bicyclic) bond motifs is 1. The zero-order valence-electron chi connectivity index (χ0n) is 7.88. The van der Waals surface area contributed by atoms with Gasteiger partial charge in [0.25, 0.3) is 0 Å². The summed E-state index contributed by atoms with van der Waals surface area (Å²) in [7, 11) is 1.85. The second-order valence-electron chi connectivity index (χ2n) is 3.60. The normalized spacial score (nSPS) is 16.2. The van der Waals surface area contributed by atoms with Gasteiger partial charge in [0.15, 0.2) is 0 Å². The molecule has 0 amide bonds. The molecule has 1 aromatic rings. The first kappa shape index (κ1) is 8.73. The Morgan fingerprint density at radius 1 is 1.38 bits per heavy atom. The number of rotatable bonds is 3. The fourth-order valence-electron chi connectivity index (χ4n) is 1.73. The van der Waals surface area contributed by atoms with Gasteiger partial charge in [0, 0.05) is 6.54 Å². The van der Waals surface area contributed by atoms with Crippen molar-refractivity contribution in [2.75, 3.05) is 13.6 Å². The molecule has 2 rings (SSSR count). The Bertz CT molecular complexity index is 309. The highest BCUT2D eigenvalue weighted by Gasteiger charge is 2.15. The molecule has 0 saturated carbocycles. The van der Waals surface area contributed by atoms with Gasteiger partial charge in [-0.15, -0.1) is 0 Å². The molecule has 0 aliphatic heterocycles. The van der Waals surface area contributed by atoms with E-state index >= 15 is 0 Å². The molecule has 2 N–H and O–H groups in total. The Labute approximate surface area is 78.6 Å². The molecule has 1 aliphatic rings. The van der Waals surface area contributed by atoms with Gasteiger partial charge in [-0.25, -0.2) is 0 Å². The van der Waals surface area contributed by atoms with Crippen molar-refractivity contribution in [3.8, 4) is 0 Å². The maximum Gasteiger partial charge on any atom is 0.0914 e. The predicted molar refractivity (Wildman–Crippen MR) is 52.7 cm³/mol. The van der Waals surface area contributed by atoms with E-state index < -0.39 is 0 Å². The van der Waals surface area contributed by atoms with Crippen molar-refractivity contribution in [2.45, 2.75) is 18.9 Å². The molecule has 0 spiro atoms. The Kier molecular flexibility index (Phi) is 2.34. The summed E-state index contributed by atoms with van der Waals surface area (Å²) in [4.78, 5) is 0. The molecule has 0 fully saturated rings. The first-order chi connectivity index (χ1) is 6.31. The van der Waals surface area contributed by atoms with E-state index in [-0.39, 0.29) is 6.10 Å². The lowest BCUT2D eigenvalue weighted by molar-refractivity contribution is 0.177. The first-order valence-electron chi connectivity index (χ1n) is 4.75. The molecule has 13 heavy (non-hydrogen) atoms. The summed E-state index contributed by atoms with van der Waals surface area (Å²) >= 11 is 0. The molecule has 1 aliphatic carbocycles. The van der Waals surface area contributed by atoms with Crippen LogP contribution < -0.4 is 5.32 Å². The molecule has 0 aromatic heterocycles. The number of hydrogen-bond acceptors (Lipinski definition) is 2. The number of nitrogens with one attached hydrogen (secondary N) is 1. The number of aryl methyl sites for hydroxylation is 2. The number of aliphatic hydroxyl groups is 1. The van der Waals surface area contributed by atoms with Crippen molar-refractivity contribution in [2.24, 2.45) is 0 Å². The summed E-state index contributed by atoms with van der Waals surface area (Å²) < 4.78 is 0. The van der Waals surface area contributed by atoms with Gasteiger partial charge in [0.2, 0.25) is 0 Å². The Hall–Kier alpha value is -0.860. The zero-order chi connectivity index (χ0) is 9.26. The van der Waals surface area contributed by atoms with E-state index in [0.29, 0.717) is 6.54 Å². The van der Waals surface area contributed by atoms with E-state index in [1.54, 1.807) is 0 Å². The fourth-order valence-corrected chi connectivity index (χ4v) is 1.73. The average molecular weight is 177 g/mol. The van der Waals surface area contributed by atoms with Crippen molar-refractivity contribution < 1.29 is 5.11 Å². The molecule has 0 bridgehead atoms. The Balaban J connectivity index is 2.16. The summed E-state index contributed by atoms with van der Waals surface area (Å²) in [6.45, 7) is 0.624. The van der Waals surface area contributed by atoms with Crippen LogP contribution in [0.4, 0.5) is 0 Å². The number of hydrogen-bond donors (Lipinski definition) is 2. The molecule has 2 heteroatoms. The molecule has 1 aromatic carbocycles. The molecule has 70 valence electrons. The Morgan fingerprint density at radius 3 is 2.69 bits per heavy atom. The van der Waals surface area contributed by atoms with Gasteiger partial charge in [-0.1, -0.05) is 18.2 Å². The van der Waals surface area contributed by atoms with Crippen molar-refractivity contribution >= 4 is 0 Å².